The van der Waals surface area contributed by atoms with Crippen LogP contribution in [0, 0.1) is 0 Å². The quantitative estimate of drug-likeness (QED) is 0.157. The molecule has 0 N–H and O–H groups in total. The van der Waals surface area contributed by atoms with E-state index in [9.17, 15) is 8.42 Å². The third-order valence-corrected chi connectivity index (χ3v) is 9.77. The van der Waals surface area contributed by atoms with Gasteiger partial charge < -0.3 is 18.8 Å². The second-order valence-electron chi connectivity index (χ2n) is 11.0. The van der Waals surface area contributed by atoms with Gasteiger partial charge in [-0.15, -0.1) is 0 Å². The summed E-state index contributed by atoms with van der Waals surface area (Å²) in [4.78, 5) is -0.0396. The maximum absolute atomic E-state index is 13.6. The first kappa shape index (κ1) is 29.8. The van der Waals surface area contributed by atoms with Gasteiger partial charge in [0.15, 0.2) is 11.5 Å². The molecule has 228 valence electrons. The van der Waals surface area contributed by atoms with Crippen molar-refractivity contribution in [2.45, 2.75) is 50.0 Å². The molecule has 1 aliphatic carbocycles. The molecule has 1 atom stereocenters. The molecule has 7 nitrogen and oxygen atoms in total. The van der Waals surface area contributed by atoms with Crippen molar-refractivity contribution in [1.29, 1.82) is 0 Å². The Hall–Kier alpha value is -4.27. The molecule has 0 aliphatic heterocycles. The standard InChI is InChI=1S/C36H37NO6S/c1-5-26-13-9-10-14-31(26)37-32-17-15-25(19-24-11-7-6-8-12-24)20-29(32)30-21-27(16-18-33(30)37)43-44(38,39)28-22-34(40-2)36(42-4)35(23-28)41-3/h6-15,17,20,22-23,27H,5,16,18-19,21H2,1-4H3. The monoisotopic (exact) mass is 611 g/mol. The first-order chi connectivity index (χ1) is 21.4. The number of para-hydroxylation sites is 1. The first-order valence-electron chi connectivity index (χ1n) is 14.9. The molecule has 1 aliphatic rings. The molecule has 0 radical (unpaired) electrons. The average Bonchev–Trinajstić information content (AvgIpc) is 3.36. The van der Waals surface area contributed by atoms with Gasteiger partial charge in [-0.1, -0.05) is 61.5 Å². The maximum Gasteiger partial charge on any atom is 0.297 e. The fourth-order valence-corrected chi connectivity index (χ4v) is 7.47. The summed E-state index contributed by atoms with van der Waals surface area (Å²) in [5.74, 6) is 0.829. The van der Waals surface area contributed by atoms with E-state index in [1.165, 1.54) is 61.5 Å². The van der Waals surface area contributed by atoms with Crippen LogP contribution >= 0.6 is 0 Å². The normalized spacial score (nSPS) is 14.8. The largest absolute Gasteiger partial charge is 0.493 e. The van der Waals surface area contributed by atoms with E-state index in [1.807, 2.05) is 6.07 Å². The van der Waals surface area contributed by atoms with Gasteiger partial charge >= 0.3 is 0 Å². The Bertz CT molecular complexity index is 1890. The molecule has 4 aromatic carbocycles. The lowest BCUT2D eigenvalue weighted by Gasteiger charge is -2.25. The summed E-state index contributed by atoms with van der Waals surface area (Å²) in [5.41, 5.74) is 8.36. The van der Waals surface area contributed by atoms with E-state index in [4.69, 9.17) is 18.4 Å². The molecule has 44 heavy (non-hydrogen) atoms. The van der Waals surface area contributed by atoms with Crippen molar-refractivity contribution in [3.05, 3.63) is 113 Å². The third kappa shape index (κ3) is 5.55. The van der Waals surface area contributed by atoms with Crippen LogP contribution in [0.4, 0.5) is 0 Å². The average molecular weight is 612 g/mol. The molecule has 0 spiro atoms. The van der Waals surface area contributed by atoms with Gasteiger partial charge in [0.1, 0.15) is 4.90 Å². The number of ether oxygens (including phenoxy) is 3. The minimum atomic E-state index is -4.13. The van der Waals surface area contributed by atoms with Crippen molar-refractivity contribution in [2.75, 3.05) is 21.3 Å². The smallest absolute Gasteiger partial charge is 0.297 e. The fourth-order valence-electron chi connectivity index (χ4n) is 6.34. The highest BCUT2D eigenvalue weighted by atomic mass is 32.2. The number of hydrogen-bond donors (Lipinski definition) is 0. The summed E-state index contributed by atoms with van der Waals surface area (Å²) in [6, 6.07) is 28.4. The highest BCUT2D eigenvalue weighted by Crippen LogP contribution is 2.41. The summed E-state index contributed by atoms with van der Waals surface area (Å²) < 4.78 is 51.7. The van der Waals surface area contributed by atoms with Crippen LogP contribution in [-0.2, 0) is 40.0 Å². The van der Waals surface area contributed by atoms with E-state index in [0.29, 0.717) is 25.0 Å². The summed E-state index contributed by atoms with van der Waals surface area (Å²) in [5, 5.41) is 1.14. The summed E-state index contributed by atoms with van der Waals surface area (Å²) >= 11 is 0. The third-order valence-electron chi connectivity index (χ3n) is 8.43. The molecule has 0 saturated carbocycles. The molecule has 0 fully saturated rings. The number of fused-ring (bicyclic) bond motifs is 3. The molecule has 1 unspecified atom stereocenters. The molecule has 0 amide bonds. The van der Waals surface area contributed by atoms with Crippen molar-refractivity contribution in [3.63, 3.8) is 0 Å². The molecule has 1 aromatic heterocycles. The Balaban J connectivity index is 1.40. The Morgan fingerprint density at radius 1 is 0.818 bits per heavy atom. The van der Waals surface area contributed by atoms with E-state index in [0.717, 1.165) is 29.3 Å². The van der Waals surface area contributed by atoms with Crippen LogP contribution in [0.15, 0.2) is 89.8 Å². The van der Waals surface area contributed by atoms with E-state index in [-0.39, 0.29) is 16.4 Å². The lowest BCUT2D eigenvalue weighted by molar-refractivity contribution is 0.191. The minimum Gasteiger partial charge on any atom is -0.493 e. The van der Waals surface area contributed by atoms with Gasteiger partial charge in [0.05, 0.1) is 33.0 Å². The highest BCUT2D eigenvalue weighted by molar-refractivity contribution is 7.86. The van der Waals surface area contributed by atoms with E-state index >= 15 is 0 Å². The summed E-state index contributed by atoms with van der Waals surface area (Å²) in [6.45, 7) is 2.17. The molecule has 1 heterocycles. The van der Waals surface area contributed by atoms with Crippen molar-refractivity contribution in [1.82, 2.24) is 4.57 Å². The van der Waals surface area contributed by atoms with Gasteiger partial charge in [-0.05, 0) is 66.1 Å². The second-order valence-corrected chi connectivity index (χ2v) is 12.6. The molecular weight excluding hydrogens is 574 g/mol. The van der Waals surface area contributed by atoms with Gasteiger partial charge in [0.25, 0.3) is 10.1 Å². The van der Waals surface area contributed by atoms with Gasteiger partial charge in [0, 0.05) is 35.3 Å². The summed E-state index contributed by atoms with van der Waals surface area (Å²) in [7, 11) is 0.253. The molecule has 0 bridgehead atoms. The van der Waals surface area contributed by atoms with Crippen molar-refractivity contribution in [2.24, 2.45) is 0 Å². The van der Waals surface area contributed by atoms with Crippen LogP contribution < -0.4 is 14.2 Å². The van der Waals surface area contributed by atoms with Crippen LogP contribution in [0.2, 0.25) is 0 Å². The zero-order chi connectivity index (χ0) is 30.8. The van der Waals surface area contributed by atoms with Crippen LogP contribution in [0.1, 0.15) is 41.3 Å². The van der Waals surface area contributed by atoms with Gasteiger partial charge in [0.2, 0.25) is 5.75 Å². The Kier molecular flexibility index (Phi) is 8.38. The van der Waals surface area contributed by atoms with Gasteiger partial charge in [-0.3, -0.25) is 4.18 Å². The lowest BCUT2D eigenvalue weighted by atomic mass is 9.92. The van der Waals surface area contributed by atoms with Crippen molar-refractivity contribution < 1.29 is 26.8 Å². The number of aryl methyl sites for hydroxylation is 1. The second kappa shape index (κ2) is 12.4. The van der Waals surface area contributed by atoms with Crippen LogP contribution in [0.25, 0.3) is 16.6 Å². The number of nitrogens with zero attached hydrogens (tertiary/aromatic N) is 1. The fraction of sp³-hybridized carbons (Fsp3) is 0.278. The van der Waals surface area contributed by atoms with Gasteiger partial charge in [-0.2, -0.15) is 8.42 Å². The minimum absolute atomic E-state index is 0.0396. The Morgan fingerprint density at radius 3 is 2.20 bits per heavy atom. The summed E-state index contributed by atoms with van der Waals surface area (Å²) in [6.07, 6.45) is 2.94. The number of benzene rings is 4. The predicted octanol–water partition coefficient (Wildman–Crippen LogP) is 7.07. The molecular formula is C36H37NO6S. The van der Waals surface area contributed by atoms with Crippen molar-refractivity contribution in [3.8, 4) is 22.9 Å². The number of rotatable bonds is 10. The number of methoxy groups -OCH3 is 3. The number of aromatic nitrogens is 1. The molecule has 6 rings (SSSR count). The van der Waals surface area contributed by atoms with Crippen LogP contribution in [-0.4, -0.2) is 40.4 Å². The highest BCUT2D eigenvalue weighted by Gasteiger charge is 2.32. The maximum atomic E-state index is 13.6. The van der Waals surface area contributed by atoms with E-state index in [2.05, 4.69) is 78.2 Å². The molecule has 8 heteroatoms. The predicted molar refractivity (Wildman–Crippen MR) is 172 cm³/mol. The van der Waals surface area contributed by atoms with Crippen LogP contribution in [0.3, 0.4) is 0 Å². The van der Waals surface area contributed by atoms with Gasteiger partial charge in [-0.25, -0.2) is 0 Å². The van der Waals surface area contributed by atoms with Crippen LogP contribution in [0.5, 0.6) is 17.2 Å². The van der Waals surface area contributed by atoms with Crippen molar-refractivity contribution >= 4 is 21.0 Å². The zero-order valence-electron chi connectivity index (χ0n) is 25.5. The molecule has 0 saturated heterocycles. The number of hydrogen-bond acceptors (Lipinski definition) is 6. The zero-order valence-corrected chi connectivity index (χ0v) is 26.3. The topological polar surface area (TPSA) is 76.0 Å². The molecule has 5 aromatic rings. The van der Waals surface area contributed by atoms with E-state index < -0.39 is 16.2 Å². The first-order valence-corrected chi connectivity index (χ1v) is 16.3. The Labute approximate surface area is 259 Å². The Morgan fingerprint density at radius 2 is 1.52 bits per heavy atom. The SMILES string of the molecule is CCc1ccccc1-n1c2c(c3cc(Cc4ccccc4)ccc31)CC(OS(=O)(=O)c1cc(OC)c(OC)c(OC)c1)CC2. The lowest BCUT2D eigenvalue weighted by Crippen LogP contribution is -2.26. The van der Waals surface area contributed by atoms with E-state index in [1.54, 1.807) is 0 Å².